The smallest absolute Gasteiger partial charge is 0.311 e. The lowest BCUT2D eigenvalue weighted by Crippen LogP contribution is -2.02. The molecule has 0 fully saturated rings. The van der Waals surface area contributed by atoms with Crippen molar-refractivity contribution < 1.29 is 4.92 Å². The molecule has 0 aliphatic heterocycles. The zero-order chi connectivity index (χ0) is 13.1. The van der Waals surface area contributed by atoms with Crippen LogP contribution in [-0.4, -0.2) is 9.91 Å². The molecule has 0 bridgehead atoms. The Morgan fingerprint density at radius 1 is 1.17 bits per heavy atom. The van der Waals surface area contributed by atoms with Crippen LogP contribution in [-0.2, 0) is 6.42 Å². The maximum atomic E-state index is 10.6. The van der Waals surface area contributed by atoms with E-state index in [9.17, 15) is 10.1 Å². The Kier molecular flexibility index (Phi) is 3.09. The molecular formula is C12H12N4O2. The number of nitrogen functional groups attached to an aromatic ring is 2. The van der Waals surface area contributed by atoms with E-state index in [2.05, 4.69) is 4.98 Å². The van der Waals surface area contributed by atoms with Gasteiger partial charge in [-0.05, 0) is 17.7 Å². The Morgan fingerprint density at radius 3 is 2.50 bits per heavy atom. The SMILES string of the molecule is Nc1ccccc1Cc1ccc([N+](=O)[O-])c(N)n1. The molecule has 0 spiro atoms. The number of nitro groups is 1. The third-order valence-electron chi connectivity index (χ3n) is 2.58. The van der Waals surface area contributed by atoms with Crippen molar-refractivity contribution in [2.75, 3.05) is 11.5 Å². The number of nitrogens with zero attached hydrogens (tertiary/aromatic N) is 2. The van der Waals surface area contributed by atoms with E-state index in [0.29, 0.717) is 17.8 Å². The molecule has 0 saturated heterocycles. The van der Waals surface area contributed by atoms with Crippen molar-refractivity contribution in [2.24, 2.45) is 0 Å². The van der Waals surface area contributed by atoms with Crippen LogP contribution in [0.15, 0.2) is 36.4 Å². The fourth-order valence-electron chi connectivity index (χ4n) is 1.65. The topological polar surface area (TPSA) is 108 Å². The van der Waals surface area contributed by atoms with Gasteiger partial charge in [-0.2, -0.15) is 0 Å². The van der Waals surface area contributed by atoms with Crippen LogP contribution in [0.5, 0.6) is 0 Å². The van der Waals surface area contributed by atoms with Gasteiger partial charge >= 0.3 is 5.69 Å². The molecule has 0 amide bonds. The second kappa shape index (κ2) is 4.70. The Morgan fingerprint density at radius 2 is 1.89 bits per heavy atom. The van der Waals surface area contributed by atoms with Gasteiger partial charge in [0.2, 0.25) is 5.82 Å². The molecule has 0 aliphatic rings. The van der Waals surface area contributed by atoms with Crippen molar-refractivity contribution >= 4 is 17.2 Å². The van der Waals surface area contributed by atoms with E-state index in [-0.39, 0.29) is 11.5 Å². The van der Waals surface area contributed by atoms with Crippen LogP contribution in [0.1, 0.15) is 11.3 Å². The molecule has 6 heteroatoms. The van der Waals surface area contributed by atoms with Crippen LogP contribution in [0.2, 0.25) is 0 Å². The van der Waals surface area contributed by atoms with E-state index in [1.807, 2.05) is 18.2 Å². The summed E-state index contributed by atoms with van der Waals surface area (Å²) in [6.45, 7) is 0. The number of para-hydroxylation sites is 1. The van der Waals surface area contributed by atoms with Crippen LogP contribution in [0.25, 0.3) is 0 Å². The largest absolute Gasteiger partial charge is 0.398 e. The first-order valence-corrected chi connectivity index (χ1v) is 5.31. The van der Waals surface area contributed by atoms with Crippen molar-refractivity contribution in [1.82, 2.24) is 4.98 Å². The van der Waals surface area contributed by atoms with E-state index >= 15 is 0 Å². The van der Waals surface area contributed by atoms with Gasteiger partial charge in [0.25, 0.3) is 0 Å². The van der Waals surface area contributed by atoms with Gasteiger partial charge in [0.05, 0.1) is 4.92 Å². The Hall–Kier alpha value is -2.63. The highest BCUT2D eigenvalue weighted by atomic mass is 16.6. The molecule has 2 rings (SSSR count). The van der Waals surface area contributed by atoms with Gasteiger partial charge in [-0.15, -0.1) is 0 Å². The maximum absolute atomic E-state index is 10.6. The molecule has 0 atom stereocenters. The summed E-state index contributed by atoms with van der Waals surface area (Å²) in [6.07, 6.45) is 0.495. The summed E-state index contributed by atoms with van der Waals surface area (Å²) in [6, 6.07) is 10.3. The molecule has 2 aromatic rings. The molecule has 18 heavy (non-hydrogen) atoms. The lowest BCUT2D eigenvalue weighted by Gasteiger charge is -2.05. The lowest BCUT2D eigenvalue weighted by molar-refractivity contribution is -0.384. The van der Waals surface area contributed by atoms with Gasteiger partial charge in [-0.25, -0.2) is 4.98 Å². The highest BCUT2D eigenvalue weighted by Crippen LogP contribution is 2.21. The molecule has 6 nitrogen and oxygen atoms in total. The maximum Gasteiger partial charge on any atom is 0.311 e. The third-order valence-corrected chi connectivity index (χ3v) is 2.58. The number of nitrogens with two attached hydrogens (primary N) is 2. The summed E-state index contributed by atoms with van der Waals surface area (Å²) >= 11 is 0. The quantitative estimate of drug-likeness (QED) is 0.485. The fraction of sp³-hybridized carbons (Fsp3) is 0.0833. The second-order valence-corrected chi connectivity index (χ2v) is 3.84. The first-order chi connectivity index (χ1) is 8.58. The average Bonchev–Trinajstić information content (AvgIpc) is 2.32. The van der Waals surface area contributed by atoms with Crippen LogP contribution in [0.4, 0.5) is 17.2 Å². The lowest BCUT2D eigenvalue weighted by atomic mass is 10.1. The van der Waals surface area contributed by atoms with Crippen molar-refractivity contribution in [3.05, 3.63) is 57.8 Å². The zero-order valence-corrected chi connectivity index (χ0v) is 9.54. The predicted octanol–water partition coefficient (Wildman–Crippen LogP) is 1.75. The highest BCUT2D eigenvalue weighted by Gasteiger charge is 2.13. The van der Waals surface area contributed by atoms with Gasteiger partial charge in [-0.1, -0.05) is 18.2 Å². The van der Waals surface area contributed by atoms with E-state index in [0.717, 1.165) is 5.56 Å². The van der Waals surface area contributed by atoms with Gasteiger partial charge in [0, 0.05) is 23.9 Å². The summed E-state index contributed by atoms with van der Waals surface area (Å²) < 4.78 is 0. The number of anilines is 2. The minimum Gasteiger partial charge on any atom is -0.398 e. The summed E-state index contributed by atoms with van der Waals surface area (Å²) in [5.41, 5.74) is 13.4. The molecule has 0 saturated carbocycles. The summed E-state index contributed by atoms with van der Waals surface area (Å²) in [7, 11) is 0. The normalized spacial score (nSPS) is 10.2. The number of hydrogen-bond donors (Lipinski definition) is 2. The minimum absolute atomic E-state index is 0.0768. The number of aromatic nitrogens is 1. The molecule has 92 valence electrons. The van der Waals surface area contributed by atoms with Crippen LogP contribution < -0.4 is 11.5 Å². The van der Waals surface area contributed by atoms with Crippen molar-refractivity contribution in [1.29, 1.82) is 0 Å². The summed E-state index contributed by atoms with van der Waals surface area (Å²) in [5, 5.41) is 10.6. The molecule has 1 aromatic carbocycles. The van der Waals surface area contributed by atoms with Crippen molar-refractivity contribution in [3.8, 4) is 0 Å². The highest BCUT2D eigenvalue weighted by molar-refractivity contribution is 5.54. The minimum atomic E-state index is -0.553. The Bertz CT molecular complexity index is 598. The third kappa shape index (κ3) is 2.37. The number of rotatable bonds is 3. The monoisotopic (exact) mass is 244 g/mol. The van der Waals surface area contributed by atoms with E-state index in [1.54, 1.807) is 12.1 Å². The van der Waals surface area contributed by atoms with Gasteiger partial charge in [0.15, 0.2) is 0 Å². The molecule has 1 heterocycles. The van der Waals surface area contributed by atoms with Crippen LogP contribution in [0, 0.1) is 10.1 Å². The van der Waals surface area contributed by atoms with Crippen molar-refractivity contribution in [3.63, 3.8) is 0 Å². The predicted molar refractivity (Wildman–Crippen MR) is 69.0 cm³/mol. The summed E-state index contributed by atoms with van der Waals surface area (Å²) in [4.78, 5) is 14.1. The molecule has 4 N–H and O–H groups in total. The Labute approximate surface area is 103 Å². The van der Waals surface area contributed by atoms with Crippen LogP contribution in [0.3, 0.4) is 0 Å². The standard InChI is InChI=1S/C12H12N4O2/c13-10-4-2-1-3-8(10)7-9-5-6-11(16(17)18)12(14)15-9/h1-6H,7,13H2,(H2,14,15). The molecule has 0 radical (unpaired) electrons. The first kappa shape index (κ1) is 11.8. The van der Waals surface area contributed by atoms with Crippen LogP contribution >= 0.6 is 0 Å². The van der Waals surface area contributed by atoms with E-state index in [1.165, 1.54) is 6.07 Å². The molecular weight excluding hydrogens is 232 g/mol. The first-order valence-electron chi connectivity index (χ1n) is 5.31. The number of benzene rings is 1. The van der Waals surface area contributed by atoms with E-state index in [4.69, 9.17) is 11.5 Å². The summed E-state index contributed by atoms with van der Waals surface area (Å²) in [5.74, 6) is -0.0768. The fourth-order valence-corrected chi connectivity index (χ4v) is 1.65. The van der Waals surface area contributed by atoms with Gasteiger partial charge < -0.3 is 11.5 Å². The molecule has 1 aromatic heterocycles. The molecule has 0 aliphatic carbocycles. The number of pyridine rings is 1. The number of hydrogen-bond acceptors (Lipinski definition) is 5. The van der Waals surface area contributed by atoms with E-state index < -0.39 is 4.92 Å². The van der Waals surface area contributed by atoms with Gasteiger partial charge in [0.1, 0.15) is 0 Å². The Balaban J connectivity index is 2.29. The second-order valence-electron chi connectivity index (χ2n) is 3.84. The molecule has 0 unspecified atom stereocenters. The van der Waals surface area contributed by atoms with Crippen molar-refractivity contribution in [2.45, 2.75) is 6.42 Å². The zero-order valence-electron chi connectivity index (χ0n) is 9.54. The van der Waals surface area contributed by atoms with Gasteiger partial charge in [-0.3, -0.25) is 10.1 Å². The average molecular weight is 244 g/mol.